The van der Waals surface area contributed by atoms with Crippen LogP contribution < -0.4 is 5.73 Å². The number of quaternary nitrogens is 1. The van der Waals surface area contributed by atoms with Gasteiger partial charge in [-0.15, -0.1) is 0 Å². The highest BCUT2D eigenvalue weighted by Gasteiger charge is 2.25. The summed E-state index contributed by atoms with van der Waals surface area (Å²) in [6.45, 7) is 5.19. The molecular formula is C33H57N2O5+. The van der Waals surface area contributed by atoms with E-state index in [-0.39, 0.29) is 44.1 Å². The van der Waals surface area contributed by atoms with E-state index in [1.54, 1.807) is 4.90 Å². The molecule has 0 aliphatic heterocycles. The lowest BCUT2D eigenvalue weighted by atomic mass is 10.1. The molecule has 40 heavy (non-hydrogen) atoms. The zero-order valence-electron chi connectivity index (χ0n) is 25.5. The number of esters is 2. The monoisotopic (exact) mass is 561 g/mol. The van der Waals surface area contributed by atoms with Crippen LogP contribution >= 0.6 is 0 Å². The lowest BCUT2D eigenvalue weighted by Gasteiger charge is -2.24. The standard InChI is InChI=1S/C33H56N2O5/c1-3-5-7-9-11-13-18-22-31(36)39-26-24-35(33(38)30(34)28-29-20-16-15-17-21-29)25-27-40-32(37)23-19-14-12-10-8-6-4-2/h15-17,20-21,30H,3-14,18-19,22-28,34H2,1-2H3/p+1. The van der Waals surface area contributed by atoms with Gasteiger partial charge in [-0.3, -0.25) is 14.4 Å². The molecule has 0 aliphatic carbocycles. The number of carbonyl (C=O) groups excluding carboxylic acids is 3. The molecule has 3 N–H and O–H groups in total. The summed E-state index contributed by atoms with van der Waals surface area (Å²) in [7, 11) is 0. The second kappa shape index (κ2) is 24.4. The van der Waals surface area contributed by atoms with E-state index in [1.807, 2.05) is 30.3 Å². The largest absolute Gasteiger partial charge is 0.464 e. The molecule has 0 aliphatic rings. The molecule has 0 heterocycles. The number of unbranched alkanes of at least 4 members (excludes halogenated alkanes) is 12. The predicted molar refractivity (Wildman–Crippen MR) is 161 cm³/mol. The third-order valence-electron chi connectivity index (χ3n) is 7.20. The SMILES string of the molecule is CCCCCCCCCC(=O)OCCN(CCOC(=O)CCCCCCCCC)C(=O)C([NH3+])Cc1ccccc1. The van der Waals surface area contributed by atoms with Gasteiger partial charge in [0.15, 0.2) is 6.04 Å². The maximum Gasteiger partial charge on any atom is 0.305 e. The second-order valence-electron chi connectivity index (χ2n) is 10.9. The summed E-state index contributed by atoms with van der Waals surface area (Å²) in [5, 5.41) is 0. The molecule has 1 atom stereocenters. The summed E-state index contributed by atoms with van der Waals surface area (Å²) < 4.78 is 10.9. The van der Waals surface area contributed by atoms with E-state index in [9.17, 15) is 14.4 Å². The summed E-state index contributed by atoms with van der Waals surface area (Å²) in [6.07, 6.45) is 17.4. The van der Waals surface area contributed by atoms with Crippen molar-refractivity contribution in [3.8, 4) is 0 Å². The van der Waals surface area contributed by atoms with Gasteiger partial charge in [0.1, 0.15) is 13.2 Å². The average molecular weight is 562 g/mol. The van der Waals surface area contributed by atoms with E-state index in [1.165, 1.54) is 51.4 Å². The maximum absolute atomic E-state index is 13.2. The minimum atomic E-state index is -0.478. The van der Waals surface area contributed by atoms with E-state index < -0.39 is 6.04 Å². The second-order valence-corrected chi connectivity index (χ2v) is 10.9. The molecule has 1 amide bonds. The van der Waals surface area contributed by atoms with Crippen LogP contribution in [0.3, 0.4) is 0 Å². The van der Waals surface area contributed by atoms with Gasteiger partial charge in [0.25, 0.3) is 5.91 Å². The minimum Gasteiger partial charge on any atom is -0.464 e. The lowest BCUT2D eigenvalue weighted by Crippen LogP contribution is -2.69. The van der Waals surface area contributed by atoms with E-state index in [0.717, 1.165) is 44.1 Å². The molecule has 1 unspecified atom stereocenters. The van der Waals surface area contributed by atoms with Gasteiger partial charge in [0.05, 0.1) is 13.1 Å². The summed E-state index contributed by atoms with van der Waals surface area (Å²) >= 11 is 0. The highest BCUT2D eigenvalue weighted by atomic mass is 16.5. The van der Waals surface area contributed by atoms with Gasteiger partial charge in [0, 0.05) is 19.3 Å². The molecule has 7 nitrogen and oxygen atoms in total. The third kappa shape index (κ3) is 18.8. The summed E-state index contributed by atoms with van der Waals surface area (Å²) in [5.74, 6) is -0.579. The molecule has 1 rings (SSSR count). The quantitative estimate of drug-likeness (QED) is 0.116. The molecule has 228 valence electrons. The summed E-state index contributed by atoms with van der Waals surface area (Å²) in [6, 6.07) is 9.31. The minimum absolute atomic E-state index is 0.130. The van der Waals surface area contributed by atoms with E-state index in [4.69, 9.17) is 9.47 Å². The molecular weight excluding hydrogens is 504 g/mol. The first kappa shape index (κ1) is 35.6. The first-order chi connectivity index (χ1) is 19.5. The normalized spacial score (nSPS) is 11.7. The maximum atomic E-state index is 13.2. The molecule has 0 bridgehead atoms. The van der Waals surface area contributed by atoms with Crippen molar-refractivity contribution in [1.82, 2.24) is 4.90 Å². The molecule has 0 aromatic heterocycles. The smallest absolute Gasteiger partial charge is 0.305 e. The number of hydrogen-bond acceptors (Lipinski definition) is 5. The molecule has 0 fully saturated rings. The Morgan fingerprint density at radius 1 is 0.675 bits per heavy atom. The van der Waals surface area contributed by atoms with Crippen LogP contribution in [0, 0.1) is 0 Å². The van der Waals surface area contributed by atoms with Gasteiger partial charge in [-0.2, -0.15) is 0 Å². The molecule has 1 aromatic carbocycles. The fourth-order valence-corrected chi connectivity index (χ4v) is 4.71. The van der Waals surface area contributed by atoms with E-state index in [2.05, 4.69) is 19.6 Å². The van der Waals surface area contributed by atoms with E-state index in [0.29, 0.717) is 19.3 Å². The molecule has 0 saturated carbocycles. The molecule has 0 radical (unpaired) electrons. The van der Waals surface area contributed by atoms with Gasteiger partial charge in [-0.25, -0.2) is 0 Å². The van der Waals surface area contributed by atoms with Gasteiger partial charge < -0.3 is 20.1 Å². The van der Waals surface area contributed by atoms with Crippen LogP contribution in [0.1, 0.15) is 122 Å². The highest BCUT2D eigenvalue weighted by Crippen LogP contribution is 2.10. The Bertz CT molecular complexity index is 750. The highest BCUT2D eigenvalue weighted by molar-refractivity contribution is 5.80. The molecule has 1 aromatic rings. The van der Waals surface area contributed by atoms with Crippen LogP contribution in [0.5, 0.6) is 0 Å². The van der Waals surface area contributed by atoms with Crippen molar-refractivity contribution in [2.24, 2.45) is 0 Å². The summed E-state index contributed by atoms with van der Waals surface area (Å²) in [5.41, 5.74) is 5.13. The zero-order chi connectivity index (χ0) is 29.3. The van der Waals surface area contributed by atoms with Crippen LogP contribution in [0.15, 0.2) is 30.3 Å². The zero-order valence-corrected chi connectivity index (χ0v) is 25.5. The average Bonchev–Trinajstić information content (AvgIpc) is 2.95. The van der Waals surface area contributed by atoms with Crippen LogP contribution in [-0.2, 0) is 30.3 Å². The Morgan fingerprint density at radius 3 is 1.55 bits per heavy atom. The van der Waals surface area contributed by atoms with Crippen molar-refractivity contribution in [2.75, 3.05) is 26.3 Å². The van der Waals surface area contributed by atoms with Crippen LogP contribution in [0.2, 0.25) is 0 Å². The lowest BCUT2D eigenvalue weighted by molar-refractivity contribution is -0.405. The Morgan fingerprint density at radius 2 is 1.10 bits per heavy atom. The Balaban J connectivity index is 2.43. The molecule has 0 spiro atoms. The fourth-order valence-electron chi connectivity index (χ4n) is 4.71. The van der Waals surface area contributed by atoms with Gasteiger partial charge in [0.2, 0.25) is 0 Å². The number of rotatable bonds is 25. The van der Waals surface area contributed by atoms with Gasteiger partial charge in [-0.05, 0) is 18.4 Å². The Hall–Kier alpha value is -2.41. The number of benzene rings is 1. The van der Waals surface area contributed by atoms with Crippen LogP contribution in [0.25, 0.3) is 0 Å². The Kier molecular flexibility index (Phi) is 21.7. The number of carbonyl (C=O) groups is 3. The van der Waals surface area contributed by atoms with Gasteiger partial charge >= 0.3 is 11.9 Å². The Labute approximate surface area is 243 Å². The predicted octanol–water partition coefficient (Wildman–Crippen LogP) is 6.04. The van der Waals surface area contributed by atoms with Gasteiger partial charge in [-0.1, -0.05) is 121 Å². The van der Waals surface area contributed by atoms with E-state index >= 15 is 0 Å². The van der Waals surface area contributed by atoms with Crippen LogP contribution in [-0.4, -0.2) is 55.1 Å². The number of ether oxygens (including phenoxy) is 2. The number of amides is 1. The first-order valence-electron chi connectivity index (χ1n) is 15.9. The molecule has 0 saturated heterocycles. The van der Waals surface area contributed by atoms with Crippen molar-refractivity contribution in [1.29, 1.82) is 0 Å². The van der Waals surface area contributed by atoms with Crippen LogP contribution in [0.4, 0.5) is 0 Å². The first-order valence-corrected chi connectivity index (χ1v) is 15.9. The fraction of sp³-hybridized carbons (Fsp3) is 0.727. The third-order valence-corrected chi connectivity index (χ3v) is 7.20. The van der Waals surface area contributed by atoms with Crippen molar-refractivity contribution < 1.29 is 29.6 Å². The molecule has 7 heteroatoms. The number of nitrogens with zero attached hydrogens (tertiary/aromatic N) is 1. The van der Waals surface area contributed by atoms with Crippen molar-refractivity contribution in [3.63, 3.8) is 0 Å². The van der Waals surface area contributed by atoms with Crippen molar-refractivity contribution in [2.45, 2.75) is 129 Å². The number of hydrogen-bond donors (Lipinski definition) is 1. The topological polar surface area (TPSA) is 101 Å². The summed E-state index contributed by atoms with van der Waals surface area (Å²) in [4.78, 5) is 39.2. The van der Waals surface area contributed by atoms with Crippen molar-refractivity contribution in [3.05, 3.63) is 35.9 Å². The van der Waals surface area contributed by atoms with Crippen molar-refractivity contribution >= 4 is 17.8 Å².